The molecule has 6 heteroatoms. The second kappa shape index (κ2) is 4.08. The number of aromatic amines is 2. The minimum absolute atomic E-state index is 0.391. The molecule has 0 saturated heterocycles. The molecule has 0 fully saturated rings. The summed E-state index contributed by atoms with van der Waals surface area (Å²) in [6.45, 7) is 1.64. The third-order valence-corrected chi connectivity index (χ3v) is 2.23. The van der Waals surface area contributed by atoms with Gasteiger partial charge >= 0.3 is 5.69 Å². The molecule has 1 heterocycles. The first kappa shape index (κ1) is 9.79. The van der Waals surface area contributed by atoms with E-state index in [2.05, 4.69) is 9.97 Å². The van der Waals surface area contributed by atoms with Crippen molar-refractivity contribution in [1.82, 2.24) is 9.97 Å². The van der Waals surface area contributed by atoms with Gasteiger partial charge in [0, 0.05) is 17.5 Å². The van der Waals surface area contributed by atoms with Crippen molar-refractivity contribution < 1.29 is 0 Å². The lowest BCUT2D eigenvalue weighted by atomic mass is 10.4. The number of hydrogen-bond acceptors (Lipinski definition) is 4. The van der Waals surface area contributed by atoms with Crippen LogP contribution in [0.4, 0.5) is 0 Å². The first-order chi connectivity index (χ1) is 6.09. The van der Waals surface area contributed by atoms with Gasteiger partial charge < -0.3 is 4.98 Å². The van der Waals surface area contributed by atoms with Crippen molar-refractivity contribution in [3.05, 3.63) is 32.6 Å². The van der Waals surface area contributed by atoms with Crippen LogP contribution in [0.3, 0.4) is 0 Å². The molecular weight excluding hydrogens is 190 g/mol. The molecule has 1 rings (SSSR count). The average molecular weight is 199 g/mol. The molecule has 0 aliphatic rings. The molecule has 13 heavy (non-hydrogen) atoms. The van der Waals surface area contributed by atoms with E-state index < -0.39 is 11.2 Å². The summed E-state index contributed by atoms with van der Waals surface area (Å²) >= 11 is 1.25. The summed E-state index contributed by atoms with van der Waals surface area (Å²) in [5.41, 5.74) is -0.431. The zero-order chi connectivity index (χ0) is 9.84. The first-order valence-electron chi connectivity index (χ1n) is 3.58. The molecule has 0 aliphatic heterocycles. The summed E-state index contributed by atoms with van der Waals surface area (Å²) in [5.74, 6) is 0.404. The van der Waals surface area contributed by atoms with E-state index >= 15 is 0 Å². The normalized spacial score (nSPS) is 9.92. The second-order valence-corrected chi connectivity index (χ2v) is 3.63. The Morgan fingerprint density at radius 2 is 2.31 bits per heavy atom. The van der Waals surface area contributed by atoms with E-state index in [1.54, 1.807) is 6.92 Å². The van der Waals surface area contributed by atoms with Crippen molar-refractivity contribution in [3.63, 3.8) is 0 Å². The van der Waals surface area contributed by atoms with Crippen LogP contribution < -0.4 is 11.2 Å². The number of thioether (sulfide) groups is 1. The molecule has 0 aliphatic carbocycles. The van der Waals surface area contributed by atoms with Gasteiger partial charge in [-0.1, -0.05) is 0 Å². The van der Waals surface area contributed by atoms with Crippen LogP contribution in [0.2, 0.25) is 0 Å². The van der Waals surface area contributed by atoms with E-state index in [0.29, 0.717) is 16.4 Å². The van der Waals surface area contributed by atoms with Crippen LogP contribution in [-0.2, 0) is 5.75 Å². The average Bonchev–Trinajstić information content (AvgIpc) is 2.02. The second-order valence-electron chi connectivity index (χ2n) is 2.44. The number of nitrogens with one attached hydrogen (secondary N) is 3. The van der Waals surface area contributed by atoms with E-state index in [-0.39, 0.29) is 0 Å². The Kier molecular flexibility index (Phi) is 3.07. The van der Waals surface area contributed by atoms with E-state index in [1.165, 1.54) is 18.0 Å². The van der Waals surface area contributed by atoms with Gasteiger partial charge in [-0.15, -0.1) is 11.8 Å². The molecule has 5 nitrogen and oxygen atoms in total. The Morgan fingerprint density at radius 3 is 2.85 bits per heavy atom. The molecule has 3 N–H and O–H groups in total. The summed E-state index contributed by atoms with van der Waals surface area (Å²) in [7, 11) is 0. The summed E-state index contributed by atoms with van der Waals surface area (Å²) < 4.78 is 0. The molecule has 0 unspecified atom stereocenters. The Morgan fingerprint density at radius 1 is 1.62 bits per heavy atom. The molecule has 0 saturated carbocycles. The summed E-state index contributed by atoms with van der Waals surface area (Å²) in [6.07, 6.45) is 1.37. The SMILES string of the molecule is CC(=N)SCc1c[nH]c(=O)[nH]c1=O. The fourth-order valence-electron chi connectivity index (χ4n) is 0.731. The summed E-state index contributed by atoms with van der Waals surface area (Å²) in [6, 6.07) is 0. The van der Waals surface area contributed by atoms with Gasteiger partial charge in [-0.3, -0.25) is 15.2 Å². The van der Waals surface area contributed by atoms with E-state index in [0.717, 1.165) is 0 Å². The minimum atomic E-state index is -0.509. The van der Waals surface area contributed by atoms with Gasteiger partial charge in [0.1, 0.15) is 0 Å². The highest BCUT2D eigenvalue weighted by molar-refractivity contribution is 8.13. The van der Waals surface area contributed by atoms with Crippen molar-refractivity contribution in [2.75, 3.05) is 0 Å². The van der Waals surface area contributed by atoms with Crippen LogP contribution in [0.1, 0.15) is 12.5 Å². The van der Waals surface area contributed by atoms with Gasteiger partial charge in [-0.05, 0) is 6.92 Å². The maximum absolute atomic E-state index is 11.1. The standard InChI is InChI=1S/C7H9N3O2S/c1-4(8)13-3-5-2-9-7(12)10-6(5)11/h2,8H,3H2,1H3,(H2,9,10,11,12). The molecule has 0 atom stereocenters. The molecule has 0 bridgehead atoms. The van der Waals surface area contributed by atoms with Crippen LogP contribution in [0.15, 0.2) is 15.8 Å². The Balaban J connectivity index is 2.84. The number of rotatable bonds is 2. The lowest BCUT2D eigenvalue weighted by molar-refractivity contribution is 1.00. The quantitative estimate of drug-likeness (QED) is 0.472. The van der Waals surface area contributed by atoms with Crippen LogP contribution in [0.5, 0.6) is 0 Å². The maximum Gasteiger partial charge on any atom is 0.325 e. The largest absolute Gasteiger partial charge is 0.325 e. The third kappa shape index (κ3) is 2.90. The first-order valence-corrected chi connectivity index (χ1v) is 4.57. The minimum Gasteiger partial charge on any atom is -0.314 e. The predicted octanol–water partition coefficient (Wildman–Crippen LogP) is 0.294. The van der Waals surface area contributed by atoms with Crippen molar-refractivity contribution in [2.24, 2.45) is 0 Å². The third-order valence-electron chi connectivity index (χ3n) is 1.34. The smallest absolute Gasteiger partial charge is 0.314 e. The van der Waals surface area contributed by atoms with Crippen molar-refractivity contribution >= 4 is 16.8 Å². The zero-order valence-electron chi connectivity index (χ0n) is 7.01. The number of aromatic nitrogens is 2. The maximum atomic E-state index is 11.1. The molecular formula is C7H9N3O2S. The zero-order valence-corrected chi connectivity index (χ0v) is 7.83. The van der Waals surface area contributed by atoms with Gasteiger partial charge in [0.15, 0.2) is 0 Å². The molecule has 0 spiro atoms. The van der Waals surface area contributed by atoms with Gasteiger partial charge in [0.25, 0.3) is 5.56 Å². The van der Waals surface area contributed by atoms with Crippen molar-refractivity contribution in [3.8, 4) is 0 Å². The summed E-state index contributed by atoms with van der Waals surface area (Å²) in [4.78, 5) is 26.2. The number of hydrogen-bond donors (Lipinski definition) is 3. The van der Waals surface area contributed by atoms with Crippen LogP contribution in [-0.4, -0.2) is 15.0 Å². The van der Waals surface area contributed by atoms with Crippen LogP contribution in [0, 0.1) is 5.41 Å². The predicted molar refractivity (Wildman–Crippen MR) is 52.4 cm³/mol. The highest BCUT2D eigenvalue weighted by Crippen LogP contribution is 2.07. The van der Waals surface area contributed by atoms with E-state index in [1.807, 2.05) is 0 Å². The Hall–Kier alpha value is -1.30. The van der Waals surface area contributed by atoms with Gasteiger partial charge in [0.2, 0.25) is 0 Å². The molecule has 1 aromatic rings. The molecule has 70 valence electrons. The van der Waals surface area contributed by atoms with Crippen molar-refractivity contribution in [2.45, 2.75) is 12.7 Å². The molecule has 1 aromatic heterocycles. The Labute approximate surface area is 78.1 Å². The van der Waals surface area contributed by atoms with Gasteiger partial charge in [-0.25, -0.2) is 4.79 Å². The molecule has 0 radical (unpaired) electrons. The van der Waals surface area contributed by atoms with Crippen LogP contribution in [0.25, 0.3) is 0 Å². The highest BCUT2D eigenvalue weighted by Gasteiger charge is 2.00. The van der Waals surface area contributed by atoms with Crippen LogP contribution >= 0.6 is 11.8 Å². The van der Waals surface area contributed by atoms with E-state index in [9.17, 15) is 9.59 Å². The lowest BCUT2D eigenvalue weighted by Crippen LogP contribution is -2.24. The fraction of sp³-hybridized carbons (Fsp3) is 0.286. The van der Waals surface area contributed by atoms with E-state index in [4.69, 9.17) is 5.41 Å². The molecule has 0 amide bonds. The number of H-pyrrole nitrogens is 2. The Bertz CT molecular complexity index is 420. The highest BCUT2D eigenvalue weighted by atomic mass is 32.2. The summed E-state index contributed by atoms with van der Waals surface area (Å²) in [5, 5.41) is 7.57. The lowest BCUT2D eigenvalue weighted by Gasteiger charge is -1.96. The fourth-order valence-corrected chi connectivity index (χ4v) is 1.32. The monoisotopic (exact) mass is 199 g/mol. The van der Waals surface area contributed by atoms with Gasteiger partial charge in [-0.2, -0.15) is 0 Å². The molecule has 0 aromatic carbocycles. The van der Waals surface area contributed by atoms with Gasteiger partial charge in [0.05, 0.1) is 5.04 Å². The van der Waals surface area contributed by atoms with Crippen molar-refractivity contribution in [1.29, 1.82) is 5.41 Å². The topological polar surface area (TPSA) is 89.6 Å².